The van der Waals surface area contributed by atoms with E-state index >= 15 is 0 Å². The van der Waals surface area contributed by atoms with E-state index in [1.165, 1.54) is 24.3 Å². The van der Waals surface area contributed by atoms with Gasteiger partial charge in [0, 0.05) is 10.7 Å². The second-order valence-corrected chi connectivity index (χ2v) is 5.40. The molecule has 122 valence electrons. The van der Waals surface area contributed by atoms with Gasteiger partial charge in [-0.2, -0.15) is 0 Å². The van der Waals surface area contributed by atoms with Gasteiger partial charge in [0.05, 0.1) is 6.61 Å². The number of nitrogens with one attached hydrogen (secondary N) is 1. The molecule has 1 aliphatic heterocycles. The van der Waals surface area contributed by atoms with Gasteiger partial charge in [0.1, 0.15) is 24.4 Å². The maximum Gasteiger partial charge on any atom is 0.324 e. The summed E-state index contributed by atoms with van der Waals surface area (Å²) < 4.78 is 0. The number of anilines is 1. The molecule has 0 bridgehead atoms. The maximum absolute atomic E-state index is 12.0. The predicted molar refractivity (Wildman–Crippen MR) is 77.4 cm³/mol. The second kappa shape index (κ2) is 6.78. The molecular weight excluding hydrogens is 316 g/mol. The van der Waals surface area contributed by atoms with Crippen LogP contribution in [0.4, 0.5) is 10.5 Å². The lowest BCUT2D eigenvalue weighted by Crippen LogP contribution is -2.53. The Kier molecular flexibility index (Phi) is 5.22. The normalized spacial score (nSPS) is 25.7. The predicted octanol–water partition coefficient (Wildman–Crippen LogP) is -1.37. The number of amides is 2. The molecular formula is C13H17ClN2O6. The van der Waals surface area contributed by atoms with Crippen molar-refractivity contribution in [3.63, 3.8) is 0 Å². The number of carbonyl (C=O) groups is 1. The highest BCUT2D eigenvalue weighted by Gasteiger charge is 2.46. The fourth-order valence-electron chi connectivity index (χ4n) is 2.25. The lowest BCUT2D eigenvalue weighted by Gasteiger charge is -2.28. The Balaban J connectivity index is 2.17. The molecule has 0 unspecified atom stereocenters. The van der Waals surface area contributed by atoms with Gasteiger partial charge in [-0.25, -0.2) is 4.79 Å². The van der Waals surface area contributed by atoms with Crippen molar-refractivity contribution in [2.24, 2.45) is 0 Å². The Morgan fingerprint density at radius 1 is 1.23 bits per heavy atom. The summed E-state index contributed by atoms with van der Waals surface area (Å²) in [7, 11) is 0. The highest BCUT2D eigenvalue weighted by atomic mass is 35.5. The van der Waals surface area contributed by atoms with Crippen molar-refractivity contribution < 1.29 is 30.3 Å². The third-order valence-electron chi connectivity index (χ3n) is 3.50. The molecule has 6 N–H and O–H groups in total. The Bertz CT molecular complexity index is 528. The standard InChI is InChI=1S/C13H17ClN2O6/c14-6-1-3-7(4-2-6)16-12(21)9(15-13(16)22)11(20)10(19)8(18)5-17/h1-4,8-12,17-21H,5H2,(H,15,22)/t8-,9-,10-,11-,12-/m1/s1. The molecule has 1 aromatic rings. The molecule has 5 atom stereocenters. The van der Waals surface area contributed by atoms with E-state index in [1.54, 1.807) is 0 Å². The van der Waals surface area contributed by atoms with Gasteiger partial charge in [0.25, 0.3) is 0 Å². The van der Waals surface area contributed by atoms with Gasteiger partial charge in [-0.3, -0.25) is 4.90 Å². The van der Waals surface area contributed by atoms with E-state index in [9.17, 15) is 25.2 Å². The SMILES string of the molecule is O=C1N[C@H]([C@@H](O)[C@H](O)[C@H](O)CO)[C@@H](O)N1c1ccc(Cl)cc1. The number of aliphatic hydroxyl groups is 5. The summed E-state index contributed by atoms with van der Waals surface area (Å²) in [4.78, 5) is 13.0. The van der Waals surface area contributed by atoms with Gasteiger partial charge in [0.15, 0.2) is 6.23 Å². The zero-order valence-corrected chi connectivity index (χ0v) is 12.1. The van der Waals surface area contributed by atoms with Crippen LogP contribution >= 0.6 is 11.6 Å². The smallest absolute Gasteiger partial charge is 0.324 e. The largest absolute Gasteiger partial charge is 0.394 e. The summed E-state index contributed by atoms with van der Waals surface area (Å²) in [5.41, 5.74) is 0.348. The highest BCUT2D eigenvalue weighted by Crippen LogP contribution is 2.26. The molecule has 2 amide bonds. The van der Waals surface area contributed by atoms with Crippen LogP contribution < -0.4 is 10.2 Å². The van der Waals surface area contributed by atoms with E-state index in [4.69, 9.17) is 16.7 Å². The van der Waals surface area contributed by atoms with Crippen LogP contribution in [0.2, 0.25) is 5.02 Å². The minimum absolute atomic E-state index is 0.348. The third kappa shape index (κ3) is 3.17. The summed E-state index contributed by atoms with van der Waals surface area (Å²) in [6.45, 7) is -0.768. The van der Waals surface area contributed by atoms with Crippen molar-refractivity contribution in [2.75, 3.05) is 11.5 Å². The molecule has 22 heavy (non-hydrogen) atoms. The van der Waals surface area contributed by atoms with Gasteiger partial charge in [-0.1, -0.05) is 11.6 Å². The van der Waals surface area contributed by atoms with E-state index in [1.807, 2.05) is 0 Å². The van der Waals surface area contributed by atoms with E-state index in [0.717, 1.165) is 4.90 Å². The minimum atomic E-state index is -1.73. The lowest BCUT2D eigenvalue weighted by atomic mass is 10.0. The number of hydrogen-bond acceptors (Lipinski definition) is 6. The van der Waals surface area contributed by atoms with Crippen molar-refractivity contribution in [2.45, 2.75) is 30.6 Å². The quantitative estimate of drug-likeness (QED) is 0.394. The molecule has 0 aliphatic carbocycles. The number of urea groups is 1. The number of aliphatic hydroxyl groups excluding tert-OH is 5. The Hall–Kier alpha value is -1.42. The van der Waals surface area contributed by atoms with Crippen LogP contribution in [-0.2, 0) is 0 Å². The lowest BCUT2D eigenvalue weighted by molar-refractivity contribution is -0.0947. The number of halogens is 1. The molecule has 0 radical (unpaired) electrons. The van der Waals surface area contributed by atoms with Crippen molar-refractivity contribution in [3.8, 4) is 0 Å². The van der Waals surface area contributed by atoms with Crippen LogP contribution in [0.25, 0.3) is 0 Å². The van der Waals surface area contributed by atoms with Gasteiger partial charge in [-0.05, 0) is 24.3 Å². The first-order chi connectivity index (χ1) is 10.4. The molecule has 0 spiro atoms. The number of nitrogens with zero attached hydrogens (tertiary/aromatic N) is 1. The molecule has 2 rings (SSSR count). The van der Waals surface area contributed by atoms with Crippen LogP contribution in [0, 0.1) is 0 Å². The summed E-state index contributed by atoms with van der Waals surface area (Å²) in [5, 5.41) is 50.8. The summed E-state index contributed by atoms with van der Waals surface area (Å²) in [5.74, 6) is 0. The molecule has 9 heteroatoms. The third-order valence-corrected chi connectivity index (χ3v) is 3.75. The zero-order valence-electron chi connectivity index (χ0n) is 11.4. The van der Waals surface area contributed by atoms with Gasteiger partial charge >= 0.3 is 6.03 Å². The number of carbonyl (C=O) groups excluding carboxylic acids is 1. The Labute approximate surface area is 131 Å². The first-order valence-corrected chi connectivity index (χ1v) is 6.93. The van der Waals surface area contributed by atoms with Crippen LogP contribution in [0.3, 0.4) is 0 Å². The molecule has 1 heterocycles. The molecule has 1 aromatic carbocycles. The maximum atomic E-state index is 12.0. The molecule has 0 aromatic heterocycles. The van der Waals surface area contributed by atoms with Crippen molar-refractivity contribution in [3.05, 3.63) is 29.3 Å². The summed E-state index contributed by atoms with van der Waals surface area (Å²) >= 11 is 5.76. The van der Waals surface area contributed by atoms with E-state index in [2.05, 4.69) is 5.32 Å². The molecule has 1 fully saturated rings. The molecule has 8 nitrogen and oxygen atoms in total. The fourth-order valence-corrected chi connectivity index (χ4v) is 2.37. The number of rotatable bonds is 5. The van der Waals surface area contributed by atoms with Crippen molar-refractivity contribution >= 4 is 23.3 Å². The average Bonchev–Trinajstić information content (AvgIpc) is 2.81. The summed E-state index contributed by atoms with van der Waals surface area (Å²) in [6.07, 6.45) is -6.46. The minimum Gasteiger partial charge on any atom is -0.394 e. The van der Waals surface area contributed by atoms with Crippen LogP contribution in [0.15, 0.2) is 24.3 Å². The molecule has 1 aliphatic rings. The zero-order chi connectivity index (χ0) is 16.4. The van der Waals surface area contributed by atoms with Crippen LogP contribution in [0.1, 0.15) is 0 Å². The Morgan fingerprint density at radius 2 is 1.82 bits per heavy atom. The van der Waals surface area contributed by atoms with Crippen molar-refractivity contribution in [1.82, 2.24) is 5.32 Å². The second-order valence-electron chi connectivity index (χ2n) is 4.97. The van der Waals surface area contributed by atoms with E-state index in [0.29, 0.717) is 10.7 Å². The van der Waals surface area contributed by atoms with Crippen LogP contribution in [0.5, 0.6) is 0 Å². The number of hydrogen-bond donors (Lipinski definition) is 6. The van der Waals surface area contributed by atoms with Gasteiger partial charge in [0.2, 0.25) is 0 Å². The topological polar surface area (TPSA) is 133 Å². The first-order valence-electron chi connectivity index (χ1n) is 6.55. The van der Waals surface area contributed by atoms with E-state index in [-0.39, 0.29) is 0 Å². The highest BCUT2D eigenvalue weighted by molar-refractivity contribution is 6.30. The summed E-state index contributed by atoms with van der Waals surface area (Å²) in [6, 6.07) is 4.18. The fraction of sp³-hybridized carbons (Fsp3) is 0.462. The number of benzene rings is 1. The van der Waals surface area contributed by atoms with Gasteiger partial charge in [-0.15, -0.1) is 0 Å². The monoisotopic (exact) mass is 332 g/mol. The van der Waals surface area contributed by atoms with Crippen LogP contribution in [-0.4, -0.2) is 68.8 Å². The molecule has 0 saturated carbocycles. The first kappa shape index (κ1) is 16.9. The van der Waals surface area contributed by atoms with Crippen molar-refractivity contribution in [1.29, 1.82) is 0 Å². The average molecular weight is 333 g/mol. The Morgan fingerprint density at radius 3 is 2.36 bits per heavy atom. The van der Waals surface area contributed by atoms with E-state index < -0.39 is 43.2 Å². The van der Waals surface area contributed by atoms with Gasteiger partial charge < -0.3 is 30.8 Å². The molecule has 1 saturated heterocycles.